The topological polar surface area (TPSA) is 89.2 Å². The first-order valence-electron chi connectivity index (χ1n) is 6.35. The third-order valence-corrected chi connectivity index (χ3v) is 5.50. The van der Waals surface area contributed by atoms with Crippen molar-refractivity contribution in [3.8, 4) is 0 Å². The number of nitrogens with two attached hydrogens (primary N) is 1. The van der Waals surface area contributed by atoms with Crippen LogP contribution in [-0.4, -0.2) is 42.7 Å². The van der Waals surface area contributed by atoms with Gasteiger partial charge in [-0.05, 0) is 26.3 Å². The van der Waals surface area contributed by atoms with Gasteiger partial charge in [0.05, 0.1) is 17.2 Å². The summed E-state index contributed by atoms with van der Waals surface area (Å²) in [5.74, 6) is 1.05. The molecule has 1 aliphatic rings. The van der Waals surface area contributed by atoms with Crippen LogP contribution >= 0.6 is 0 Å². The molecule has 0 spiro atoms. The Bertz CT molecular complexity index is 586. The molecule has 6 nitrogen and oxygen atoms in total. The second-order valence-corrected chi connectivity index (χ2v) is 7.30. The van der Waals surface area contributed by atoms with Crippen LogP contribution < -0.4 is 10.6 Å². The molecule has 2 heterocycles. The molecule has 0 radical (unpaired) electrons. The van der Waals surface area contributed by atoms with E-state index in [9.17, 15) is 8.42 Å². The lowest BCUT2D eigenvalue weighted by molar-refractivity contribution is 0.565. The minimum absolute atomic E-state index is 0.0968. The van der Waals surface area contributed by atoms with E-state index in [2.05, 4.69) is 10.2 Å². The van der Waals surface area contributed by atoms with E-state index in [1.165, 1.54) is 0 Å². The van der Waals surface area contributed by atoms with E-state index >= 15 is 0 Å². The van der Waals surface area contributed by atoms with Gasteiger partial charge in [0.25, 0.3) is 0 Å². The van der Waals surface area contributed by atoms with E-state index in [0.717, 1.165) is 22.6 Å². The van der Waals surface area contributed by atoms with E-state index in [0.29, 0.717) is 13.1 Å². The molecule has 1 aliphatic heterocycles. The highest BCUT2D eigenvalue weighted by molar-refractivity contribution is 7.91. The molecule has 1 aromatic heterocycles. The molecule has 1 atom stereocenters. The largest absolute Gasteiger partial charge is 0.350 e. The van der Waals surface area contributed by atoms with Crippen molar-refractivity contribution >= 4 is 15.7 Å². The fraction of sp³-hybridized carbons (Fsp3) is 0.667. The van der Waals surface area contributed by atoms with Gasteiger partial charge in [0.15, 0.2) is 15.7 Å². The number of nitrogens with zero attached hydrogens (tertiary/aromatic N) is 3. The number of hydrogen-bond acceptors (Lipinski definition) is 6. The molecule has 1 aromatic rings. The van der Waals surface area contributed by atoms with Crippen LogP contribution in [0.25, 0.3) is 0 Å². The van der Waals surface area contributed by atoms with Crippen molar-refractivity contribution in [3.05, 3.63) is 16.8 Å². The summed E-state index contributed by atoms with van der Waals surface area (Å²) in [6.45, 7) is 6.60. The normalized spacial score (nSPS) is 22.5. The molecule has 106 valence electrons. The first-order valence-corrected chi connectivity index (χ1v) is 8.17. The molecule has 2 N–H and O–H groups in total. The SMILES string of the molecule is Cc1nnc(N2CCS(=O)(=O)CC2C)c(CN)c1C. The number of sulfone groups is 1. The summed E-state index contributed by atoms with van der Waals surface area (Å²) >= 11 is 0. The highest BCUT2D eigenvalue weighted by Crippen LogP contribution is 2.25. The number of aromatic nitrogens is 2. The Morgan fingerprint density at radius 1 is 1.37 bits per heavy atom. The molecule has 0 aliphatic carbocycles. The van der Waals surface area contributed by atoms with Crippen molar-refractivity contribution in [1.82, 2.24) is 10.2 Å². The van der Waals surface area contributed by atoms with Crippen molar-refractivity contribution in [3.63, 3.8) is 0 Å². The van der Waals surface area contributed by atoms with Crippen molar-refractivity contribution in [2.24, 2.45) is 5.73 Å². The molecule has 0 amide bonds. The summed E-state index contributed by atoms with van der Waals surface area (Å²) in [6.07, 6.45) is 0. The quantitative estimate of drug-likeness (QED) is 0.833. The zero-order valence-corrected chi connectivity index (χ0v) is 12.4. The van der Waals surface area contributed by atoms with Crippen LogP contribution in [0.4, 0.5) is 5.82 Å². The maximum absolute atomic E-state index is 11.6. The Balaban J connectivity index is 2.40. The predicted octanol–water partition coefficient (Wildman–Crippen LogP) is 0.175. The third kappa shape index (κ3) is 2.71. The number of rotatable bonds is 2. The van der Waals surface area contributed by atoms with Gasteiger partial charge in [-0.3, -0.25) is 0 Å². The summed E-state index contributed by atoms with van der Waals surface area (Å²) in [6, 6.07) is -0.0968. The Morgan fingerprint density at radius 2 is 2.05 bits per heavy atom. The average molecular weight is 284 g/mol. The second-order valence-electron chi connectivity index (χ2n) is 5.07. The van der Waals surface area contributed by atoms with Crippen LogP contribution in [0.5, 0.6) is 0 Å². The first kappa shape index (κ1) is 14.2. The van der Waals surface area contributed by atoms with Crippen LogP contribution in [0.3, 0.4) is 0 Å². The summed E-state index contributed by atoms with van der Waals surface area (Å²) in [4.78, 5) is 2.00. The highest BCUT2D eigenvalue weighted by atomic mass is 32.2. The van der Waals surface area contributed by atoms with Gasteiger partial charge in [-0.1, -0.05) is 0 Å². The Kier molecular flexibility index (Phi) is 3.78. The summed E-state index contributed by atoms with van der Waals surface area (Å²) in [5, 5.41) is 8.37. The van der Waals surface area contributed by atoms with E-state index in [-0.39, 0.29) is 17.5 Å². The van der Waals surface area contributed by atoms with Crippen molar-refractivity contribution < 1.29 is 8.42 Å². The summed E-state index contributed by atoms with van der Waals surface area (Å²) < 4.78 is 23.3. The van der Waals surface area contributed by atoms with Gasteiger partial charge in [0.2, 0.25) is 0 Å². The lowest BCUT2D eigenvalue weighted by atomic mass is 10.1. The molecule has 7 heteroatoms. The molecule has 1 fully saturated rings. The highest BCUT2D eigenvalue weighted by Gasteiger charge is 2.30. The van der Waals surface area contributed by atoms with E-state index in [1.807, 2.05) is 25.7 Å². The molecular weight excluding hydrogens is 264 g/mol. The van der Waals surface area contributed by atoms with E-state index < -0.39 is 9.84 Å². The fourth-order valence-corrected chi connectivity index (χ4v) is 3.99. The molecule has 0 saturated carbocycles. The van der Waals surface area contributed by atoms with Crippen LogP contribution in [0.1, 0.15) is 23.7 Å². The smallest absolute Gasteiger partial charge is 0.156 e. The van der Waals surface area contributed by atoms with Gasteiger partial charge < -0.3 is 10.6 Å². The van der Waals surface area contributed by atoms with Crippen LogP contribution in [-0.2, 0) is 16.4 Å². The van der Waals surface area contributed by atoms with Crippen LogP contribution in [0.2, 0.25) is 0 Å². The second kappa shape index (κ2) is 5.05. The lowest BCUT2D eigenvalue weighted by Crippen LogP contribution is -2.48. The maximum Gasteiger partial charge on any atom is 0.156 e. The monoisotopic (exact) mass is 284 g/mol. The van der Waals surface area contributed by atoms with E-state index in [4.69, 9.17) is 5.73 Å². The summed E-state index contributed by atoms with van der Waals surface area (Å²) in [5.41, 5.74) is 8.67. The number of anilines is 1. The minimum Gasteiger partial charge on any atom is -0.350 e. The molecule has 19 heavy (non-hydrogen) atoms. The zero-order chi connectivity index (χ0) is 14.2. The van der Waals surface area contributed by atoms with Gasteiger partial charge in [-0.15, -0.1) is 5.10 Å². The van der Waals surface area contributed by atoms with Crippen LogP contribution in [0.15, 0.2) is 0 Å². The zero-order valence-electron chi connectivity index (χ0n) is 11.5. The Morgan fingerprint density at radius 3 is 2.63 bits per heavy atom. The standard InChI is InChI=1S/C12H20N4O2S/c1-8-7-19(17,18)5-4-16(8)12-11(6-13)9(2)10(3)14-15-12/h8H,4-7,13H2,1-3H3. The number of hydrogen-bond donors (Lipinski definition) is 1. The fourth-order valence-electron chi connectivity index (χ4n) is 2.43. The third-order valence-electron chi connectivity index (χ3n) is 3.71. The molecule has 0 aromatic carbocycles. The predicted molar refractivity (Wildman–Crippen MR) is 74.9 cm³/mol. The van der Waals surface area contributed by atoms with Gasteiger partial charge in [0, 0.05) is 24.7 Å². The van der Waals surface area contributed by atoms with Crippen molar-refractivity contribution in [2.45, 2.75) is 33.4 Å². The molecule has 1 unspecified atom stereocenters. The Labute approximate surface area is 113 Å². The first-order chi connectivity index (χ1) is 8.85. The van der Waals surface area contributed by atoms with Crippen molar-refractivity contribution in [1.29, 1.82) is 0 Å². The molecule has 1 saturated heterocycles. The molecule has 0 bridgehead atoms. The number of aryl methyl sites for hydroxylation is 1. The minimum atomic E-state index is -2.93. The molecule has 2 rings (SSSR count). The summed E-state index contributed by atoms with van der Waals surface area (Å²) in [7, 11) is -2.93. The van der Waals surface area contributed by atoms with Crippen LogP contribution in [0, 0.1) is 13.8 Å². The Hall–Kier alpha value is -1.21. The van der Waals surface area contributed by atoms with Gasteiger partial charge in [0.1, 0.15) is 0 Å². The van der Waals surface area contributed by atoms with Gasteiger partial charge in [-0.2, -0.15) is 5.10 Å². The lowest BCUT2D eigenvalue weighted by Gasteiger charge is -2.35. The van der Waals surface area contributed by atoms with Gasteiger partial charge in [-0.25, -0.2) is 8.42 Å². The molecular formula is C12H20N4O2S. The van der Waals surface area contributed by atoms with E-state index in [1.54, 1.807) is 0 Å². The van der Waals surface area contributed by atoms with Gasteiger partial charge >= 0.3 is 0 Å². The average Bonchev–Trinajstić information content (AvgIpc) is 2.32. The maximum atomic E-state index is 11.6. The van der Waals surface area contributed by atoms with Crippen molar-refractivity contribution in [2.75, 3.05) is 23.0 Å².